The van der Waals surface area contributed by atoms with Gasteiger partial charge in [0.15, 0.2) is 0 Å². The van der Waals surface area contributed by atoms with Crippen LogP contribution in [0.25, 0.3) is 0 Å². The molecule has 0 fully saturated rings. The average molecular weight is 388 g/mol. The number of halogens is 3. The first kappa shape index (κ1) is 19.1. The smallest absolute Gasteiger partial charge is 0.440 e. The van der Waals surface area contributed by atoms with Gasteiger partial charge in [0.2, 0.25) is 0 Å². The molecule has 0 N–H and O–H groups in total. The van der Waals surface area contributed by atoms with Crippen LogP contribution in [0.2, 0.25) is 0 Å². The fraction of sp³-hybridized carbons (Fsp3) is 0.0952. The van der Waals surface area contributed by atoms with E-state index in [0.717, 1.165) is 16.7 Å². The molecule has 27 heavy (non-hydrogen) atoms. The Morgan fingerprint density at radius 3 is 1.30 bits per heavy atom. The third-order valence-corrected chi connectivity index (χ3v) is 5.61. The number of carbonyl (C=O) groups excluding carboxylic acids is 1. The van der Waals surface area contributed by atoms with Crippen molar-refractivity contribution in [2.75, 3.05) is 0 Å². The van der Waals surface area contributed by atoms with Gasteiger partial charge in [-0.15, -0.1) is 0 Å². The Hall–Kier alpha value is -2.65. The molecule has 0 radical (unpaired) electrons. The number of rotatable bonds is 5. The minimum atomic E-state index is -5.04. The van der Waals surface area contributed by atoms with E-state index in [0.29, 0.717) is 0 Å². The van der Waals surface area contributed by atoms with Gasteiger partial charge in [0, 0.05) is 0 Å². The van der Waals surface area contributed by atoms with Crippen molar-refractivity contribution in [3.8, 4) is 0 Å². The summed E-state index contributed by atoms with van der Waals surface area (Å²) in [5.74, 6) is -2.19. The van der Waals surface area contributed by atoms with Gasteiger partial charge in [-0.05, 0) is 16.7 Å². The van der Waals surface area contributed by atoms with Crippen LogP contribution in [-0.2, 0) is 14.5 Å². The van der Waals surface area contributed by atoms with Crippen LogP contribution < -0.4 is 0 Å². The van der Waals surface area contributed by atoms with Crippen molar-refractivity contribution >= 4 is 14.8 Å². The van der Waals surface area contributed by atoms with Gasteiger partial charge >= 0.3 is 12.1 Å². The maximum Gasteiger partial charge on any atom is 0.491 e. The van der Waals surface area contributed by atoms with E-state index >= 15 is 0 Å². The summed E-state index contributed by atoms with van der Waals surface area (Å²) in [6.45, 7) is 0. The summed E-state index contributed by atoms with van der Waals surface area (Å²) in [4.78, 5) is 11.5. The Kier molecular flexibility index (Phi) is 5.62. The number of carbonyl (C=O) groups is 1. The van der Waals surface area contributed by atoms with E-state index in [4.69, 9.17) is 4.52 Å². The quantitative estimate of drug-likeness (QED) is 0.415. The second-order valence-corrected chi connectivity index (χ2v) is 7.00. The summed E-state index contributed by atoms with van der Waals surface area (Å²) < 4.78 is 43.1. The van der Waals surface area contributed by atoms with Crippen molar-refractivity contribution in [3.05, 3.63) is 108 Å². The van der Waals surface area contributed by atoms with E-state index in [1.54, 1.807) is 0 Å². The fourth-order valence-corrected chi connectivity index (χ4v) is 4.14. The Morgan fingerprint density at radius 1 is 0.667 bits per heavy atom. The molecule has 3 aromatic rings. The lowest BCUT2D eigenvalue weighted by atomic mass is 9.84. The summed E-state index contributed by atoms with van der Waals surface area (Å²) in [5.41, 5.74) is 2.24. The first-order valence-corrected chi connectivity index (χ1v) is 9.07. The highest BCUT2D eigenvalue weighted by atomic mass is 31.1. The van der Waals surface area contributed by atoms with Crippen molar-refractivity contribution < 1.29 is 22.5 Å². The Morgan fingerprint density at radius 2 is 1.00 bits per heavy atom. The van der Waals surface area contributed by atoms with Crippen LogP contribution in [0.15, 0.2) is 91.0 Å². The van der Waals surface area contributed by atoms with Crippen LogP contribution in [0.3, 0.4) is 0 Å². The van der Waals surface area contributed by atoms with E-state index in [1.807, 2.05) is 91.0 Å². The van der Waals surface area contributed by atoms with Crippen LogP contribution in [0.4, 0.5) is 13.2 Å². The van der Waals surface area contributed by atoms with Gasteiger partial charge < -0.3 is 4.52 Å². The van der Waals surface area contributed by atoms with Gasteiger partial charge in [-0.25, -0.2) is 4.79 Å². The molecule has 0 aliphatic carbocycles. The van der Waals surface area contributed by atoms with Crippen molar-refractivity contribution in [1.29, 1.82) is 0 Å². The van der Waals surface area contributed by atoms with Crippen molar-refractivity contribution in [3.63, 3.8) is 0 Å². The molecule has 0 aromatic heterocycles. The normalized spacial score (nSPS) is 12.3. The monoisotopic (exact) mass is 388 g/mol. The van der Waals surface area contributed by atoms with E-state index < -0.39 is 26.1 Å². The van der Waals surface area contributed by atoms with E-state index in [-0.39, 0.29) is 0 Å². The fourth-order valence-electron chi connectivity index (χ4n) is 2.92. The molecule has 0 saturated carbocycles. The number of benzene rings is 3. The lowest BCUT2D eigenvalue weighted by Crippen LogP contribution is -2.28. The molecule has 0 heterocycles. The molecular weight excluding hydrogens is 372 g/mol. The summed E-state index contributed by atoms with van der Waals surface area (Å²) in [6, 6.07) is 27.3. The summed E-state index contributed by atoms with van der Waals surface area (Å²) in [5, 5.41) is -1.04. The molecule has 2 nitrogen and oxygen atoms in total. The first-order chi connectivity index (χ1) is 12.9. The molecule has 3 rings (SSSR count). The predicted molar refractivity (Wildman–Crippen MR) is 99.7 cm³/mol. The molecule has 0 aliphatic heterocycles. The highest BCUT2D eigenvalue weighted by Crippen LogP contribution is 2.53. The zero-order chi connectivity index (χ0) is 19.3. The van der Waals surface area contributed by atoms with Crippen LogP contribution in [0, 0.1) is 0 Å². The zero-order valence-electron chi connectivity index (χ0n) is 14.1. The third kappa shape index (κ3) is 4.04. The molecule has 1 unspecified atom stereocenters. The lowest BCUT2D eigenvalue weighted by Gasteiger charge is -2.34. The van der Waals surface area contributed by atoms with Crippen molar-refractivity contribution in [2.45, 2.75) is 11.3 Å². The first-order valence-electron chi connectivity index (χ1n) is 8.16. The molecule has 0 spiro atoms. The molecule has 6 heteroatoms. The van der Waals surface area contributed by atoms with Crippen LogP contribution in [-0.4, -0.2) is 12.1 Å². The molecule has 1 atom stereocenters. The second-order valence-electron chi connectivity index (χ2n) is 5.84. The SMILES string of the molecule is O=C(OPC(c1ccccc1)(c1ccccc1)c1ccccc1)C(F)(F)F. The maximum atomic E-state index is 12.8. The molecule has 0 saturated heterocycles. The summed E-state index contributed by atoms with van der Waals surface area (Å²) >= 11 is 0. The van der Waals surface area contributed by atoms with Crippen LogP contribution in [0.5, 0.6) is 0 Å². The number of hydrogen-bond acceptors (Lipinski definition) is 2. The van der Waals surface area contributed by atoms with Gasteiger partial charge in [0.25, 0.3) is 0 Å². The highest BCUT2D eigenvalue weighted by Gasteiger charge is 2.45. The molecular formula is C21H16F3O2P. The molecule has 0 aliphatic rings. The molecule has 0 bridgehead atoms. The Balaban J connectivity index is 2.18. The second kappa shape index (κ2) is 7.93. The number of alkyl halides is 3. The minimum absolute atomic E-state index is 0.746. The zero-order valence-corrected chi connectivity index (χ0v) is 15.1. The molecule has 138 valence electrons. The van der Waals surface area contributed by atoms with E-state index in [9.17, 15) is 18.0 Å². The van der Waals surface area contributed by atoms with E-state index in [1.165, 1.54) is 0 Å². The Bertz CT molecular complexity index is 785. The topological polar surface area (TPSA) is 26.3 Å². The van der Waals surface area contributed by atoms with Crippen LogP contribution in [0.1, 0.15) is 16.7 Å². The van der Waals surface area contributed by atoms with Crippen molar-refractivity contribution in [1.82, 2.24) is 0 Å². The standard InChI is InChI=1S/C21H16F3O2P/c22-21(23,24)19(25)26-27-20(16-10-4-1-5-11-16,17-12-6-2-7-13-17)18-14-8-3-9-15-18/h1-15,27H. The summed E-state index contributed by atoms with van der Waals surface area (Å²) in [7, 11) is -0.790. The maximum absolute atomic E-state index is 12.8. The van der Waals surface area contributed by atoms with Crippen LogP contribution >= 0.6 is 8.81 Å². The highest BCUT2D eigenvalue weighted by molar-refractivity contribution is 7.35. The third-order valence-electron chi connectivity index (χ3n) is 4.15. The minimum Gasteiger partial charge on any atom is -0.440 e. The van der Waals surface area contributed by atoms with Gasteiger partial charge in [-0.2, -0.15) is 13.2 Å². The molecule has 3 aromatic carbocycles. The lowest BCUT2D eigenvalue weighted by molar-refractivity contribution is -0.188. The van der Waals surface area contributed by atoms with Gasteiger partial charge in [0.05, 0.1) is 14.0 Å². The van der Waals surface area contributed by atoms with Gasteiger partial charge in [0.1, 0.15) is 0 Å². The van der Waals surface area contributed by atoms with Gasteiger partial charge in [-0.1, -0.05) is 91.0 Å². The van der Waals surface area contributed by atoms with E-state index in [2.05, 4.69) is 0 Å². The Labute approximate surface area is 156 Å². The number of hydrogen-bond donors (Lipinski definition) is 0. The van der Waals surface area contributed by atoms with Crippen molar-refractivity contribution in [2.24, 2.45) is 0 Å². The molecule has 0 amide bonds. The van der Waals surface area contributed by atoms with Gasteiger partial charge in [-0.3, -0.25) is 0 Å². The largest absolute Gasteiger partial charge is 0.491 e. The average Bonchev–Trinajstić information content (AvgIpc) is 2.70. The predicted octanol–water partition coefficient (Wildman–Crippen LogP) is 5.68. The summed E-state index contributed by atoms with van der Waals surface area (Å²) in [6.07, 6.45) is -5.04.